The number of nitrogens with zero attached hydrogens (tertiary/aromatic N) is 2. The molecule has 6 heteroatoms. The van der Waals surface area contributed by atoms with Crippen LogP contribution in [0.4, 0.5) is 10.5 Å². The minimum atomic E-state index is -0.0936. The minimum Gasteiger partial charge on any atom is -0.348 e. The first-order chi connectivity index (χ1) is 13.7. The molecule has 6 nitrogen and oxygen atoms in total. The van der Waals surface area contributed by atoms with Crippen LogP contribution in [-0.2, 0) is 0 Å². The van der Waals surface area contributed by atoms with Crippen LogP contribution in [0.15, 0.2) is 24.3 Å². The largest absolute Gasteiger partial charge is 0.348 e. The van der Waals surface area contributed by atoms with Crippen molar-refractivity contribution in [3.63, 3.8) is 0 Å². The summed E-state index contributed by atoms with van der Waals surface area (Å²) in [6.45, 7) is 3.42. The van der Waals surface area contributed by atoms with Gasteiger partial charge in [0.1, 0.15) is 0 Å². The highest BCUT2D eigenvalue weighted by molar-refractivity contribution is 5.98. The summed E-state index contributed by atoms with van der Waals surface area (Å²) in [5, 5.41) is 6.05. The predicted octanol–water partition coefficient (Wildman–Crippen LogP) is 3.13. The van der Waals surface area contributed by atoms with Crippen molar-refractivity contribution in [2.24, 2.45) is 0 Å². The molecule has 152 valence electrons. The van der Waals surface area contributed by atoms with Crippen molar-refractivity contribution in [3.8, 4) is 0 Å². The number of urea groups is 1. The van der Waals surface area contributed by atoms with Gasteiger partial charge in [0.2, 0.25) is 0 Å². The Hall–Kier alpha value is -2.08. The monoisotopic (exact) mass is 384 g/mol. The third-order valence-electron chi connectivity index (χ3n) is 6.41. The van der Waals surface area contributed by atoms with Crippen molar-refractivity contribution >= 4 is 17.6 Å². The Morgan fingerprint density at radius 3 is 2.61 bits per heavy atom. The van der Waals surface area contributed by atoms with Gasteiger partial charge in [-0.3, -0.25) is 14.6 Å². The molecule has 0 unspecified atom stereocenters. The van der Waals surface area contributed by atoms with Crippen LogP contribution in [0.3, 0.4) is 0 Å². The molecule has 2 N–H and O–H groups in total. The third-order valence-corrected chi connectivity index (χ3v) is 6.41. The zero-order valence-electron chi connectivity index (χ0n) is 16.7. The van der Waals surface area contributed by atoms with Gasteiger partial charge in [0.25, 0.3) is 5.91 Å². The van der Waals surface area contributed by atoms with E-state index < -0.39 is 0 Å². The van der Waals surface area contributed by atoms with Crippen LogP contribution in [0.5, 0.6) is 0 Å². The van der Waals surface area contributed by atoms with Gasteiger partial charge in [-0.15, -0.1) is 0 Å². The smallest absolute Gasteiger partial charge is 0.321 e. The first-order valence-electron chi connectivity index (χ1n) is 10.9. The number of carbonyl (C=O) groups excluding carboxylic acids is 2. The standard InChI is InChI=1S/C22H32N4O2/c27-21(17-7-5-11-20(15-17)26-14-12-23-22(26)28)24-18-8-6-13-25(16-18)19-9-3-1-2-4-10-19/h5,7,11,15,18-19H,1-4,6,8-10,12-14,16H2,(H,23,28)(H,24,27)/t18-/m1/s1. The van der Waals surface area contributed by atoms with Gasteiger partial charge >= 0.3 is 6.03 Å². The molecule has 1 aliphatic carbocycles. The molecule has 3 aliphatic rings. The fraction of sp³-hybridized carbons (Fsp3) is 0.636. The first-order valence-corrected chi connectivity index (χ1v) is 10.9. The Morgan fingerprint density at radius 2 is 1.86 bits per heavy atom. The Morgan fingerprint density at radius 1 is 1.04 bits per heavy atom. The summed E-state index contributed by atoms with van der Waals surface area (Å²) in [6, 6.07) is 8.21. The van der Waals surface area contributed by atoms with E-state index in [0.29, 0.717) is 24.7 Å². The molecule has 2 heterocycles. The first kappa shape index (κ1) is 19.2. The normalized spacial score (nSPS) is 24.6. The van der Waals surface area contributed by atoms with Gasteiger partial charge in [0.15, 0.2) is 0 Å². The molecule has 1 aromatic rings. The van der Waals surface area contributed by atoms with Gasteiger partial charge in [-0.05, 0) is 50.4 Å². The van der Waals surface area contributed by atoms with Gasteiger partial charge in [-0.25, -0.2) is 4.79 Å². The number of rotatable bonds is 4. The Balaban J connectivity index is 1.37. The van der Waals surface area contributed by atoms with Gasteiger partial charge < -0.3 is 10.6 Å². The van der Waals surface area contributed by atoms with E-state index in [1.807, 2.05) is 24.3 Å². The molecular formula is C22H32N4O2. The lowest BCUT2D eigenvalue weighted by Crippen LogP contribution is -2.50. The summed E-state index contributed by atoms with van der Waals surface area (Å²) in [5.74, 6) is -0.0332. The number of hydrogen-bond acceptors (Lipinski definition) is 3. The average molecular weight is 385 g/mol. The van der Waals surface area contributed by atoms with Crippen molar-refractivity contribution in [1.29, 1.82) is 0 Å². The van der Waals surface area contributed by atoms with E-state index in [2.05, 4.69) is 15.5 Å². The highest BCUT2D eigenvalue weighted by Gasteiger charge is 2.28. The van der Waals surface area contributed by atoms with E-state index in [9.17, 15) is 9.59 Å². The zero-order chi connectivity index (χ0) is 19.3. The second kappa shape index (κ2) is 8.95. The molecule has 0 bridgehead atoms. The van der Waals surface area contributed by atoms with Crippen molar-refractivity contribution in [1.82, 2.24) is 15.5 Å². The fourth-order valence-corrected chi connectivity index (χ4v) is 4.88. The number of benzene rings is 1. The lowest BCUT2D eigenvalue weighted by molar-refractivity contribution is 0.0860. The molecular weight excluding hydrogens is 352 g/mol. The van der Waals surface area contributed by atoms with Gasteiger partial charge in [-0.1, -0.05) is 31.7 Å². The van der Waals surface area contributed by atoms with Gasteiger partial charge in [-0.2, -0.15) is 0 Å². The Bertz CT molecular complexity index is 700. The number of hydrogen-bond donors (Lipinski definition) is 2. The maximum Gasteiger partial charge on any atom is 0.321 e. The molecule has 0 aromatic heterocycles. The molecule has 1 aromatic carbocycles. The lowest BCUT2D eigenvalue weighted by atomic mass is 9.99. The summed E-state index contributed by atoms with van der Waals surface area (Å²) in [4.78, 5) is 29.0. The van der Waals surface area contributed by atoms with Crippen molar-refractivity contribution < 1.29 is 9.59 Å². The van der Waals surface area contributed by atoms with Gasteiger partial charge in [0, 0.05) is 43.0 Å². The third kappa shape index (κ3) is 4.49. The number of anilines is 1. The maximum absolute atomic E-state index is 12.9. The summed E-state index contributed by atoms with van der Waals surface area (Å²) < 4.78 is 0. The van der Waals surface area contributed by atoms with Crippen molar-refractivity contribution in [2.75, 3.05) is 31.1 Å². The van der Waals surface area contributed by atoms with Crippen LogP contribution in [0.1, 0.15) is 61.7 Å². The number of nitrogens with one attached hydrogen (secondary N) is 2. The number of likely N-dealkylation sites (tertiary alicyclic amines) is 1. The van der Waals surface area contributed by atoms with Crippen LogP contribution >= 0.6 is 0 Å². The quantitative estimate of drug-likeness (QED) is 0.784. The van der Waals surface area contributed by atoms with Crippen LogP contribution in [0.25, 0.3) is 0 Å². The summed E-state index contributed by atoms with van der Waals surface area (Å²) in [7, 11) is 0. The summed E-state index contributed by atoms with van der Waals surface area (Å²) in [6.07, 6.45) is 10.2. The summed E-state index contributed by atoms with van der Waals surface area (Å²) >= 11 is 0. The highest BCUT2D eigenvalue weighted by atomic mass is 16.2. The molecule has 3 fully saturated rings. The Labute approximate surface area is 167 Å². The van der Waals surface area contributed by atoms with Crippen molar-refractivity contribution in [3.05, 3.63) is 29.8 Å². The van der Waals surface area contributed by atoms with Crippen LogP contribution in [0, 0.1) is 0 Å². The van der Waals surface area contributed by atoms with E-state index in [-0.39, 0.29) is 18.0 Å². The molecule has 28 heavy (non-hydrogen) atoms. The molecule has 0 radical (unpaired) electrons. The second-order valence-corrected chi connectivity index (χ2v) is 8.39. The van der Waals surface area contributed by atoms with Crippen LogP contribution < -0.4 is 15.5 Å². The topological polar surface area (TPSA) is 64.7 Å². The fourth-order valence-electron chi connectivity index (χ4n) is 4.88. The maximum atomic E-state index is 12.9. The van der Waals surface area contributed by atoms with E-state index in [1.54, 1.807) is 4.90 Å². The van der Waals surface area contributed by atoms with E-state index in [1.165, 1.54) is 38.5 Å². The molecule has 0 spiro atoms. The van der Waals surface area contributed by atoms with Crippen LogP contribution in [0.2, 0.25) is 0 Å². The molecule has 2 aliphatic heterocycles. The molecule has 1 atom stereocenters. The SMILES string of the molecule is O=C(N[C@@H]1CCCN(C2CCCCCC2)C1)c1cccc(N2CCNC2=O)c1. The lowest BCUT2D eigenvalue weighted by Gasteiger charge is -2.38. The zero-order valence-corrected chi connectivity index (χ0v) is 16.7. The predicted molar refractivity (Wildman–Crippen MR) is 111 cm³/mol. The number of piperidine rings is 1. The summed E-state index contributed by atoms with van der Waals surface area (Å²) in [5.41, 5.74) is 1.41. The van der Waals surface area contributed by atoms with Crippen LogP contribution in [-0.4, -0.2) is 55.1 Å². The molecule has 4 rings (SSSR count). The average Bonchev–Trinajstić information content (AvgIpc) is 2.97. The van der Waals surface area contributed by atoms with Crippen molar-refractivity contribution in [2.45, 2.75) is 63.5 Å². The van der Waals surface area contributed by atoms with Gasteiger partial charge in [0.05, 0.1) is 0 Å². The highest BCUT2D eigenvalue weighted by Crippen LogP contribution is 2.25. The van der Waals surface area contributed by atoms with E-state index >= 15 is 0 Å². The molecule has 3 amide bonds. The number of carbonyl (C=O) groups is 2. The second-order valence-electron chi connectivity index (χ2n) is 8.39. The number of amides is 3. The minimum absolute atomic E-state index is 0.0332. The van der Waals surface area contributed by atoms with E-state index in [4.69, 9.17) is 0 Å². The van der Waals surface area contributed by atoms with E-state index in [0.717, 1.165) is 31.6 Å². The molecule has 2 saturated heterocycles. The Kier molecular flexibility index (Phi) is 6.15. The molecule has 1 saturated carbocycles.